The van der Waals surface area contributed by atoms with Crippen LogP contribution in [0.4, 0.5) is 0 Å². The Labute approximate surface area is 118 Å². The van der Waals surface area contributed by atoms with Gasteiger partial charge in [-0.2, -0.15) is 0 Å². The highest BCUT2D eigenvalue weighted by molar-refractivity contribution is 5.77. The van der Waals surface area contributed by atoms with E-state index in [4.69, 9.17) is 5.73 Å². The van der Waals surface area contributed by atoms with Crippen molar-refractivity contribution >= 4 is 5.91 Å². The highest BCUT2D eigenvalue weighted by Gasteiger charge is 2.33. The molecule has 1 rings (SSSR count). The summed E-state index contributed by atoms with van der Waals surface area (Å²) in [6, 6.07) is 0.484. The second-order valence-electron chi connectivity index (χ2n) is 5.77. The number of likely N-dealkylation sites (N-methyl/N-ethyl adjacent to an activating group) is 2. The van der Waals surface area contributed by atoms with Crippen molar-refractivity contribution in [2.45, 2.75) is 52.0 Å². The van der Waals surface area contributed by atoms with E-state index in [1.807, 2.05) is 0 Å². The number of nitrogens with one attached hydrogen (secondary N) is 1. The van der Waals surface area contributed by atoms with Crippen molar-refractivity contribution in [1.82, 2.24) is 10.2 Å². The van der Waals surface area contributed by atoms with E-state index in [0.717, 1.165) is 19.0 Å². The largest absolute Gasteiger partial charge is 0.358 e. The Kier molecular flexibility index (Phi) is 7.39. The molecule has 1 fully saturated rings. The monoisotopic (exact) mass is 269 g/mol. The summed E-state index contributed by atoms with van der Waals surface area (Å²) in [7, 11) is 1.71. The zero-order chi connectivity index (χ0) is 14.3. The molecule has 0 heterocycles. The molecule has 0 aliphatic heterocycles. The van der Waals surface area contributed by atoms with Crippen molar-refractivity contribution in [2.24, 2.45) is 17.6 Å². The maximum absolute atomic E-state index is 11.6. The number of nitrogens with zero attached hydrogens (tertiary/aromatic N) is 1. The van der Waals surface area contributed by atoms with Crippen LogP contribution in [0.3, 0.4) is 0 Å². The molecule has 0 aromatic heterocycles. The summed E-state index contributed by atoms with van der Waals surface area (Å²) in [6.45, 7) is 6.57. The summed E-state index contributed by atoms with van der Waals surface area (Å²) in [5.74, 6) is 1.48. The third-order valence-corrected chi connectivity index (χ3v) is 4.57. The van der Waals surface area contributed by atoms with Crippen molar-refractivity contribution < 1.29 is 4.79 Å². The molecule has 4 heteroatoms. The standard InChI is InChI=1S/C15H31N3O/c1-4-6-12-7-8-13(10-16)14(9-12)18(5-2)11-15(19)17-3/h12-14H,4-11,16H2,1-3H3,(H,17,19). The Morgan fingerprint density at radius 3 is 2.63 bits per heavy atom. The Morgan fingerprint density at radius 2 is 2.11 bits per heavy atom. The van der Waals surface area contributed by atoms with Crippen molar-refractivity contribution in [3.05, 3.63) is 0 Å². The van der Waals surface area contributed by atoms with E-state index in [-0.39, 0.29) is 5.91 Å². The van der Waals surface area contributed by atoms with Crippen LogP contribution < -0.4 is 11.1 Å². The first kappa shape index (κ1) is 16.4. The van der Waals surface area contributed by atoms with E-state index >= 15 is 0 Å². The summed E-state index contributed by atoms with van der Waals surface area (Å²) >= 11 is 0. The van der Waals surface area contributed by atoms with E-state index in [1.165, 1.54) is 32.1 Å². The quantitative estimate of drug-likeness (QED) is 0.738. The maximum Gasteiger partial charge on any atom is 0.233 e. The van der Waals surface area contributed by atoms with Crippen molar-refractivity contribution in [1.29, 1.82) is 0 Å². The van der Waals surface area contributed by atoms with Gasteiger partial charge in [-0.15, -0.1) is 0 Å². The van der Waals surface area contributed by atoms with Crippen LogP contribution in [0.2, 0.25) is 0 Å². The van der Waals surface area contributed by atoms with Crippen LogP contribution in [0.25, 0.3) is 0 Å². The highest BCUT2D eigenvalue weighted by Crippen LogP contribution is 2.34. The highest BCUT2D eigenvalue weighted by atomic mass is 16.1. The molecule has 0 bridgehead atoms. The van der Waals surface area contributed by atoms with Crippen LogP contribution in [0.1, 0.15) is 46.0 Å². The average Bonchev–Trinajstić information content (AvgIpc) is 2.44. The number of rotatable bonds is 7. The van der Waals surface area contributed by atoms with E-state index in [9.17, 15) is 4.79 Å². The first-order chi connectivity index (χ1) is 9.15. The number of hydrogen-bond acceptors (Lipinski definition) is 3. The molecule has 0 aromatic rings. The number of amides is 1. The number of nitrogens with two attached hydrogens (primary N) is 1. The van der Waals surface area contributed by atoms with Crippen molar-refractivity contribution in [3.63, 3.8) is 0 Å². The van der Waals surface area contributed by atoms with Gasteiger partial charge >= 0.3 is 0 Å². The maximum atomic E-state index is 11.6. The molecular formula is C15H31N3O. The molecule has 3 N–H and O–H groups in total. The zero-order valence-corrected chi connectivity index (χ0v) is 12.8. The molecule has 0 spiro atoms. The lowest BCUT2D eigenvalue weighted by Crippen LogP contribution is -2.49. The van der Waals surface area contributed by atoms with Gasteiger partial charge < -0.3 is 11.1 Å². The summed E-state index contributed by atoms with van der Waals surface area (Å²) < 4.78 is 0. The second-order valence-corrected chi connectivity index (χ2v) is 5.77. The molecule has 1 saturated carbocycles. The Bertz CT molecular complexity index is 270. The van der Waals surface area contributed by atoms with Gasteiger partial charge in [-0.05, 0) is 37.8 Å². The summed E-state index contributed by atoms with van der Waals surface area (Å²) in [5.41, 5.74) is 5.94. The third kappa shape index (κ3) is 4.77. The van der Waals surface area contributed by atoms with E-state index in [0.29, 0.717) is 18.5 Å². The minimum absolute atomic E-state index is 0.107. The summed E-state index contributed by atoms with van der Waals surface area (Å²) in [4.78, 5) is 14.0. The number of carbonyl (C=O) groups excluding carboxylic acids is 1. The number of carbonyl (C=O) groups is 1. The average molecular weight is 269 g/mol. The first-order valence-electron chi connectivity index (χ1n) is 7.80. The van der Waals surface area contributed by atoms with Crippen LogP contribution in [0.5, 0.6) is 0 Å². The van der Waals surface area contributed by atoms with Gasteiger partial charge in [0, 0.05) is 13.1 Å². The van der Waals surface area contributed by atoms with E-state index in [1.54, 1.807) is 7.05 Å². The smallest absolute Gasteiger partial charge is 0.233 e. The lowest BCUT2D eigenvalue weighted by Gasteiger charge is -2.42. The summed E-state index contributed by atoms with van der Waals surface area (Å²) in [5, 5.41) is 2.73. The lowest BCUT2D eigenvalue weighted by molar-refractivity contribution is -0.122. The minimum atomic E-state index is 0.107. The predicted octanol–water partition coefficient (Wildman–Crippen LogP) is 1.60. The zero-order valence-electron chi connectivity index (χ0n) is 12.8. The Balaban J connectivity index is 2.68. The van der Waals surface area contributed by atoms with Gasteiger partial charge in [0.2, 0.25) is 5.91 Å². The van der Waals surface area contributed by atoms with Gasteiger partial charge in [0.25, 0.3) is 0 Å². The van der Waals surface area contributed by atoms with E-state index in [2.05, 4.69) is 24.1 Å². The van der Waals surface area contributed by atoms with Crippen LogP contribution in [-0.2, 0) is 4.79 Å². The fourth-order valence-electron chi connectivity index (χ4n) is 3.41. The van der Waals surface area contributed by atoms with Crippen LogP contribution in [0.15, 0.2) is 0 Å². The molecule has 3 atom stereocenters. The molecule has 19 heavy (non-hydrogen) atoms. The van der Waals surface area contributed by atoms with Crippen molar-refractivity contribution in [2.75, 3.05) is 26.7 Å². The fraction of sp³-hybridized carbons (Fsp3) is 0.933. The molecule has 0 aromatic carbocycles. The molecule has 1 aliphatic carbocycles. The molecule has 3 unspecified atom stereocenters. The minimum Gasteiger partial charge on any atom is -0.358 e. The number of hydrogen-bond donors (Lipinski definition) is 2. The molecular weight excluding hydrogens is 238 g/mol. The predicted molar refractivity (Wildman–Crippen MR) is 79.9 cm³/mol. The van der Waals surface area contributed by atoms with Crippen LogP contribution in [0, 0.1) is 11.8 Å². The normalized spacial score (nSPS) is 27.5. The molecule has 0 radical (unpaired) electrons. The van der Waals surface area contributed by atoms with E-state index < -0.39 is 0 Å². The fourth-order valence-corrected chi connectivity index (χ4v) is 3.41. The lowest BCUT2D eigenvalue weighted by atomic mass is 9.76. The van der Waals surface area contributed by atoms with Crippen LogP contribution in [-0.4, -0.2) is 43.5 Å². The summed E-state index contributed by atoms with van der Waals surface area (Å²) in [6.07, 6.45) is 6.30. The van der Waals surface area contributed by atoms with Gasteiger partial charge in [0.05, 0.1) is 6.54 Å². The first-order valence-corrected chi connectivity index (χ1v) is 7.80. The topological polar surface area (TPSA) is 58.4 Å². The van der Waals surface area contributed by atoms with Gasteiger partial charge in [-0.25, -0.2) is 0 Å². The second kappa shape index (κ2) is 8.54. The SMILES string of the molecule is CCCC1CCC(CN)C(N(CC)CC(=O)NC)C1. The third-order valence-electron chi connectivity index (χ3n) is 4.57. The van der Waals surface area contributed by atoms with Gasteiger partial charge in [0.1, 0.15) is 0 Å². The van der Waals surface area contributed by atoms with Gasteiger partial charge in [-0.3, -0.25) is 9.69 Å². The van der Waals surface area contributed by atoms with Crippen LogP contribution >= 0.6 is 0 Å². The molecule has 1 amide bonds. The Hall–Kier alpha value is -0.610. The molecule has 112 valence electrons. The molecule has 0 saturated heterocycles. The van der Waals surface area contributed by atoms with Crippen molar-refractivity contribution in [3.8, 4) is 0 Å². The Morgan fingerprint density at radius 1 is 1.37 bits per heavy atom. The molecule has 4 nitrogen and oxygen atoms in total. The van der Waals surface area contributed by atoms with Gasteiger partial charge in [0.15, 0.2) is 0 Å². The van der Waals surface area contributed by atoms with Gasteiger partial charge in [-0.1, -0.05) is 33.1 Å². The molecule has 1 aliphatic rings.